The number of amides is 1. The molecule has 1 aromatic heterocycles. The lowest BCUT2D eigenvalue weighted by molar-refractivity contribution is -0.137. The molecule has 0 unspecified atom stereocenters. The van der Waals surface area contributed by atoms with Gasteiger partial charge in [-0.3, -0.25) is 9.36 Å². The second kappa shape index (κ2) is 11.9. The first-order chi connectivity index (χ1) is 18.2. The van der Waals surface area contributed by atoms with Gasteiger partial charge >= 0.3 is 6.18 Å². The van der Waals surface area contributed by atoms with E-state index in [1.54, 1.807) is 28.8 Å². The molecule has 0 atom stereocenters. The second-order valence-corrected chi connectivity index (χ2v) is 9.84. The zero-order valence-corrected chi connectivity index (χ0v) is 22.7. The average Bonchev–Trinajstić information content (AvgIpc) is 3.33. The van der Waals surface area contributed by atoms with Crippen LogP contribution in [0.2, 0.25) is 0 Å². The maximum Gasteiger partial charge on any atom is 0.416 e. The van der Waals surface area contributed by atoms with Crippen LogP contribution in [0.5, 0.6) is 11.5 Å². The summed E-state index contributed by atoms with van der Waals surface area (Å²) in [5.74, 6) is 1.27. The maximum absolute atomic E-state index is 13.1. The van der Waals surface area contributed by atoms with E-state index in [1.165, 1.54) is 32.0 Å². The van der Waals surface area contributed by atoms with Crippen LogP contribution in [0.15, 0.2) is 76.4 Å². The van der Waals surface area contributed by atoms with Crippen LogP contribution < -0.4 is 14.8 Å². The number of carbonyl (C=O) groups is 1. The van der Waals surface area contributed by atoms with E-state index >= 15 is 0 Å². The number of halogens is 4. The summed E-state index contributed by atoms with van der Waals surface area (Å²) in [7, 11) is 2.99. The summed E-state index contributed by atoms with van der Waals surface area (Å²) in [6, 6.07) is 17.4. The van der Waals surface area contributed by atoms with E-state index in [2.05, 4.69) is 31.4 Å². The van der Waals surface area contributed by atoms with Gasteiger partial charge in [-0.1, -0.05) is 45.9 Å². The first kappa shape index (κ1) is 27.5. The van der Waals surface area contributed by atoms with Gasteiger partial charge in [-0.15, -0.1) is 10.2 Å². The Morgan fingerprint density at radius 1 is 1.00 bits per heavy atom. The predicted molar refractivity (Wildman–Crippen MR) is 141 cm³/mol. The van der Waals surface area contributed by atoms with Crippen LogP contribution in [0, 0.1) is 0 Å². The van der Waals surface area contributed by atoms with Crippen LogP contribution in [0.1, 0.15) is 27.3 Å². The number of alkyl halides is 3. The van der Waals surface area contributed by atoms with Crippen LogP contribution in [-0.4, -0.2) is 34.9 Å². The number of rotatable bonds is 9. The van der Waals surface area contributed by atoms with Gasteiger partial charge in [-0.25, -0.2) is 0 Å². The number of benzene rings is 3. The number of nitrogens with one attached hydrogen (secondary N) is 1. The Hall–Kier alpha value is -3.51. The van der Waals surface area contributed by atoms with Crippen LogP contribution in [0.3, 0.4) is 0 Å². The van der Waals surface area contributed by atoms with Gasteiger partial charge in [0.2, 0.25) is 0 Å². The SMILES string of the molecule is COc1cc(OC)cc(C(=O)NCc2nnc(SCc3cccc(C(F)(F)F)c3)n2-c2ccc(Br)cc2)c1. The first-order valence-electron chi connectivity index (χ1n) is 11.2. The number of methoxy groups -OCH3 is 2. The zero-order chi connectivity index (χ0) is 27.3. The van der Waals surface area contributed by atoms with Crippen LogP contribution in [0.25, 0.3) is 5.69 Å². The highest BCUT2D eigenvalue weighted by atomic mass is 79.9. The third-order valence-electron chi connectivity index (χ3n) is 5.43. The summed E-state index contributed by atoms with van der Waals surface area (Å²) < 4.78 is 52.5. The number of hydrogen-bond acceptors (Lipinski definition) is 6. The lowest BCUT2D eigenvalue weighted by atomic mass is 10.1. The molecule has 4 rings (SSSR count). The summed E-state index contributed by atoms with van der Waals surface area (Å²) in [6.45, 7) is 0.0472. The molecule has 38 heavy (non-hydrogen) atoms. The van der Waals surface area contributed by atoms with Gasteiger partial charge < -0.3 is 14.8 Å². The normalized spacial score (nSPS) is 11.3. The van der Waals surface area contributed by atoms with Crippen molar-refractivity contribution < 1.29 is 27.4 Å². The molecular formula is C26H22BrF3N4O3S. The minimum absolute atomic E-state index is 0.0472. The summed E-state index contributed by atoms with van der Waals surface area (Å²) in [4.78, 5) is 12.9. The molecule has 1 heterocycles. The summed E-state index contributed by atoms with van der Waals surface area (Å²) in [5.41, 5.74) is 0.867. The topological polar surface area (TPSA) is 78.3 Å². The average molecular weight is 607 g/mol. The van der Waals surface area contributed by atoms with Gasteiger partial charge in [0, 0.05) is 27.5 Å². The molecule has 0 saturated carbocycles. The van der Waals surface area contributed by atoms with Crippen LogP contribution in [0.4, 0.5) is 13.2 Å². The van der Waals surface area contributed by atoms with E-state index < -0.39 is 11.7 Å². The fourth-order valence-corrected chi connectivity index (χ4v) is 4.72. The number of aromatic nitrogens is 3. The maximum atomic E-state index is 13.1. The smallest absolute Gasteiger partial charge is 0.416 e. The monoisotopic (exact) mass is 606 g/mol. The van der Waals surface area contributed by atoms with E-state index in [-0.39, 0.29) is 18.2 Å². The minimum atomic E-state index is -4.42. The second-order valence-electron chi connectivity index (χ2n) is 7.98. The molecule has 1 amide bonds. The first-order valence-corrected chi connectivity index (χ1v) is 13.0. The Morgan fingerprint density at radius 2 is 1.68 bits per heavy atom. The Morgan fingerprint density at radius 3 is 2.32 bits per heavy atom. The van der Waals surface area contributed by atoms with E-state index in [0.717, 1.165) is 22.3 Å². The highest BCUT2D eigenvalue weighted by molar-refractivity contribution is 9.10. The molecule has 0 radical (unpaired) electrons. The quantitative estimate of drug-likeness (QED) is 0.226. The molecule has 0 spiro atoms. The Kier molecular flexibility index (Phi) is 8.62. The molecule has 0 saturated heterocycles. The molecule has 4 aromatic rings. The number of thioether (sulfide) groups is 1. The summed E-state index contributed by atoms with van der Waals surface area (Å²) >= 11 is 4.66. The van der Waals surface area contributed by atoms with Gasteiger partial charge in [0.15, 0.2) is 11.0 Å². The third kappa shape index (κ3) is 6.67. The molecule has 0 fully saturated rings. The van der Waals surface area contributed by atoms with Crippen molar-refractivity contribution >= 4 is 33.6 Å². The van der Waals surface area contributed by atoms with E-state index in [0.29, 0.717) is 33.6 Å². The van der Waals surface area contributed by atoms with Gasteiger partial charge in [-0.2, -0.15) is 13.2 Å². The van der Waals surface area contributed by atoms with E-state index in [1.807, 2.05) is 24.3 Å². The standard InChI is InChI=1S/C26H22BrF3N4O3S/c1-36-21-11-17(12-22(13-21)37-2)24(35)31-14-23-32-33-25(34(23)20-8-6-19(27)7-9-20)38-15-16-4-3-5-18(10-16)26(28,29)30/h3-13H,14-15H2,1-2H3,(H,31,35). The van der Waals surface area contributed by atoms with E-state index in [4.69, 9.17) is 9.47 Å². The number of ether oxygens (including phenoxy) is 2. The molecule has 1 N–H and O–H groups in total. The number of carbonyl (C=O) groups excluding carboxylic acids is 1. The molecule has 3 aromatic carbocycles. The highest BCUT2D eigenvalue weighted by Crippen LogP contribution is 2.32. The van der Waals surface area contributed by atoms with Gasteiger partial charge in [0.1, 0.15) is 11.5 Å². The van der Waals surface area contributed by atoms with E-state index in [9.17, 15) is 18.0 Å². The van der Waals surface area contributed by atoms with Crippen molar-refractivity contribution in [3.05, 3.63) is 93.7 Å². The van der Waals surface area contributed by atoms with Gasteiger partial charge in [0.05, 0.1) is 26.3 Å². The Labute approximate surface area is 229 Å². The lowest BCUT2D eigenvalue weighted by Gasteiger charge is -2.12. The van der Waals surface area contributed by atoms with Crippen molar-refractivity contribution in [2.45, 2.75) is 23.6 Å². The summed E-state index contributed by atoms with van der Waals surface area (Å²) in [6.07, 6.45) is -4.42. The molecule has 198 valence electrons. The molecule has 0 aliphatic rings. The van der Waals surface area contributed by atoms with Crippen molar-refractivity contribution in [2.75, 3.05) is 14.2 Å². The van der Waals surface area contributed by atoms with Crippen molar-refractivity contribution in [1.82, 2.24) is 20.1 Å². The molecule has 12 heteroatoms. The highest BCUT2D eigenvalue weighted by Gasteiger charge is 2.30. The van der Waals surface area contributed by atoms with Crippen molar-refractivity contribution in [1.29, 1.82) is 0 Å². The molecule has 7 nitrogen and oxygen atoms in total. The third-order valence-corrected chi connectivity index (χ3v) is 6.96. The van der Waals surface area contributed by atoms with Crippen molar-refractivity contribution in [3.63, 3.8) is 0 Å². The minimum Gasteiger partial charge on any atom is -0.497 e. The Balaban J connectivity index is 1.57. The fourth-order valence-electron chi connectivity index (χ4n) is 3.54. The molecule has 0 aliphatic carbocycles. The molecule has 0 bridgehead atoms. The lowest BCUT2D eigenvalue weighted by Crippen LogP contribution is -2.24. The zero-order valence-electron chi connectivity index (χ0n) is 20.3. The fraction of sp³-hybridized carbons (Fsp3) is 0.192. The van der Waals surface area contributed by atoms with Crippen LogP contribution >= 0.6 is 27.7 Å². The number of hydrogen-bond donors (Lipinski definition) is 1. The molecule has 0 aliphatic heterocycles. The number of nitrogens with zero attached hydrogens (tertiary/aromatic N) is 3. The van der Waals surface area contributed by atoms with Crippen molar-refractivity contribution in [2.24, 2.45) is 0 Å². The predicted octanol–water partition coefficient (Wildman–Crippen LogP) is 6.29. The molecular weight excluding hydrogens is 585 g/mol. The van der Waals surface area contributed by atoms with Crippen molar-refractivity contribution in [3.8, 4) is 17.2 Å². The Bertz CT molecular complexity index is 1410. The van der Waals surface area contributed by atoms with Crippen LogP contribution in [-0.2, 0) is 18.5 Å². The van der Waals surface area contributed by atoms with Gasteiger partial charge in [-0.05, 0) is 48.0 Å². The largest absolute Gasteiger partial charge is 0.497 e. The van der Waals surface area contributed by atoms with Gasteiger partial charge in [0.25, 0.3) is 5.91 Å². The summed E-state index contributed by atoms with van der Waals surface area (Å²) in [5, 5.41) is 11.8.